The van der Waals surface area contributed by atoms with Gasteiger partial charge in [0, 0.05) is 17.1 Å². The average molecular weight is 350 g/mol. The Morgan fingerprint density at radius 2 is 2.17 bits per heavy atom. The number of nitrogens with two attached hydrogens (primary N) is 1. The Balaban J connectivity index is 2.17. The van der Waals surface area contributed by atoms with E-state index in [4.69, 9.17) is 17.3 Å². The largest absolute Gasteiger partial charge is 0.376 e. The van der Waals surface area contributed by atoms with Crippen molar-refractivity contribution in [3.63, 3.8) is 0 Å². The van der Waals surface area contributed by atoms with Crippen LogP contribution < -0.4 is 11.1 Å². The molecular weight excluding hydrogens is 339 g/mol. The van der Waals surface area contributed by atoms with E-state index < -0.39 is 0 Å². The first kappa shape index (κ1) is 13.8. The third-order valence-electron chi connectivity index (χ3n) is 2.43. The lowest BCUT2D eigenvalue weighted by molar-refractivity contribution is 0.621. The molecule has 3 N–H and O–H groups in total. The summed E-state index contributed by atoms with van der Waals surface area (Å²) >= 11 is 10.5. The molecule has 0 aliphatic rings. The molecule has 0 aliphatic carbocycles. The molecule has 0 radical (unpaired) electrons. The zero-order valence-electron chi connectivity index (χ0n) is 9.29. The second-order valence-corrected chi connectivity index (χ2v) is 6.30. The van der Waals surface area contributed by atoms with E-state index in [0.29, 0.717) is 11.0 Å². The molecule has 1 aromatic carbocycles. The van der Waals surface area contributed by atoms with Crippen molar-refractivity contribution in [3.05, 3.63) is 49.8 Å². The van der Waals surface area contributed by atoms with Gasteiger partial charge < -0.3 is 11.1 Å². The third kappa shape index (κ3) is 3.23. The standard InChI is InChI=1S/C12H11BrClFN2S/c13-8-5-7(1-2-9(8)15)17-10(6-16)11-3-4-12(14)18-11/h1-5,10,17H,6,16H2. The molecule has 0 amide bonds. The van der Waals surface area contributed by atoms with Gasteiger partial charge in [0.15, 0.2) is 0 Å². The first-order chi connectivity index (χ1) is 8.60. The fraction of sp³-hybridized carbons (Fsp3) is 0.167. The smallest absolute Gasteiger partial charge is 0.137 e. The van der Waals surface area contributed by atoms with Gasteiger partial charge in [-0.25, -0.2) is 4.39 Å². The molecule has 2 aromatic rings. The maximum atomic E-state index is 13.1. The van der Waals surface area contributed by atoms with Gasteiger partial charge in [0.1, 0.15) is 5.82 Å². The second-order valence-electron chi connectivity index (χ2n) is 3.70. The highest BCUT2D eigenvalue weighted by atomic mass is 79.9. The predicted molar refractivity (Wildman–Crippen MR) is 78.8 cm³/mol. The van der Waals surface area contributed by atoms with E-state index in [1.54, 1.807) is 12.1 Å². The second kappa shape index (κ2) is 6.02. The van der Waals surface area contributed by atoms with Crippen LogP contribution in [0.2, 0.25) is 4.34 Å². The van der Waals surface area contributed by atoms with Crippen molar-refractivity contribution >= 4 is 44.6 Å². The minimum absolute atomic E-state index is 0.0279. The van der Waals surface area contributed by atoms with Crippen LogP contribution in [0.4, 0.5) is 10.1 Å². The summed E-state index contributed by atoms with van der Waals surface area (Å²) in [5, 5.41) is 3.26. The van der Waals surface area contributed by atoms with E-state index >= 15 is 0 Å². The lowest BCUT2D eigenvalue weighted by atomic mass is 10.2. The highest BCUT2D eigenvalue weighted by Crippen LogP contribution is 2.29. The van der Waals surface area contributed by atoms with E-state index in [0.717, 1.165) is 14.9 Å². The van der Waals surface area contributed by atoms with Crippen LogP contribution >= 0.6 is 38.9 Å². The summed E-state index contributed by atoms with van der Waals surface area (Å²) in [6, 6.07) is 8.52. The summed E-state index contributed by atoms with van der Waals surface area (Å²) < 4.78 is 14.3. The highest BCUT2D eigenvalue weighted by molar-refractivity contribution is 9.10. The van der Waals surface area contributed by atoms with E-state index in [-0.39, 0.29) is 11.9 Å². The summed E-state index contributed by atoms with van der Waals surface area (Å²) in [6.07, 6.45) is 0. The molecule has 1 atom stereocenters. The van der Waals surface area contributed by atoms with Crippen molar-refractivity contribution in [2.45, 2.75) is 6.04 Å². The van der Waals surface area contributed by atoms with E-state index in [2.05, 4.69) is 21.2 Å². The lowest BCUT2D eigenvalue weighted by Gasteiger charge is -2.17. The number of hydrogen-bond donors (Lipinski definition) is 2. The quantitative estimate of drug-likeness (QED) is 0.858. The van der Waals surface area contributed by atoms with Gasteiger partial charge in [0.2, 0.25) is 0 Å². The molecule has 1 heterocycles. The normalized spacial score (nSPS) is 12.4. The van der Waals surface area contributed by atoms with E-state index in [1.807, 2.05) is 12.1 Å². The van der Waals surface area contributed by atoms with Crippen LogP contribution in [0.3, 0.4) is 0 Å². The van der Waals surface area contributed by atoms with Crippen LogP contribution in [0.25, 0.3) is 0 Å². The molecule has 18 heavy (non-hydrogen) atoms. The summed E-state index contributed by atoms with van der Waals surface area (Å²) in [7, 11) is 0. The maximum Gasteiger partial charge on any atom is 0.137 e. The molecule has 2 rings (SSSR count). The van der Waals surface area contributed by atoms with Crippen molar-refractivity contribution in [3.8, 4) is 0 Å². The van der Waals surface area contributed by atoms with Gasteiger partial charge in [0.25, 0.3) is 0 Å². The summed E-state index contributed by atoms with van der Waals surface area (Å²) in [4.78, 5) is 1.06. The minimum Gasteiger partial charge on any atom is -0.376 e. The summed E-state index contributed by atoms with van der Waals surface area (Å²) in [5.74, 6) is -0.288. The molecule has 2 nitrogen and oxygen atoms in total. The molecule has 6 heteroatoms. The number of halogens is 3. The topological polar surface area (TPSA) is 38.0 Å². The Hall–Kier alpha value is -0.620. The van der Waals surface area contributed by atoms with Gasteiger partial charge in [-0.05, 0) is 46.3 Å². The monoisotopic (exact) mass is 348 g/mol. The Bertz CT molecular complexity index is 547. The van der Waals surface area contributed by atoms with Crippen molar-refractivity contribution in [2.75, 3.05) is 11.9 Å². The first-order valence-electron chi connectivity index (χ1n) is 5.27. The lowest BCUT2D eigenvalue weighted by Crippen LogP contribution is -2.19. The average Bonchev–Trinajstić information content (AvgIpc) is 2.77. The van der Waals surface area contributed by atoms with Gasteiger partial charge in [-0.2, -0.15) is 0 Å². The van der Waals surface area contributed by atoms with Gasteiger partial charge in [0.05, 0.1) is 14.9 Å². The number of thiophene rings is 1. The van der Waals surface area contributed by atoms with Crippen LogP contribution in [-0.4, -0.2) is 6.54 Å². The predicted octanol–water partition coefficient (Wildman–Crippen LogP) is 4.42. The van der Waals surface area contributed by atoms with Gasteiger partial charge in [-0.15, -0.1) is 11.3 Å². The number of anilines is 1. The number of hydrogen-bond acceptors (Lipinski definition) is 3. The number of benzene rings is 1. The van der Waals surface area contributed by atoms with Gasteiger partial charge in [-0.3, -0.25) is 0 Å². The van der Waals surface area contributed by atoms with Gasteiger partial charge >= 0.3 is 0 Å². The molecule has 0 aliphatic heterocycles. The Morgan fingerprint density at radius 3 is 2.72 bits per heavy atom. The number of nitrogens with one attached hydrogen (secondary N) is 1. The molecule has 0 saturated carbocycles. The zero-order chi connectivity index (χ0) is 13.1. The number of rotatable bonds is 4. The molecule has 0 saturated heterocycles. The fourth-order valence-electron chi connectivity index (χ4n) is 1.55. The van der Waals surface area contributed by atoms with E-state index in [1.165, 1.54) is 17.4 Å². The van der Waals surface area contributed by atoms with Crippen molar-refractivity contribution < 1.29 is 4.39 Å². The zero-order valence-corrected chi connectivity index (χ0v) is 12.4. The molecule has 0 fully saturated rings. The SMILES string of the molecule is NCC(Nc1ccc(F)c(Br)c1)c1ccc(Cl)s1. The van der Waals surface area contributed by atoms with Gasteiger partial charge in [-0.1, -0.05) is 11.6 Å². The van der Waals surface area contributed by atoms with Crippen LogP contribution in [0.15, 0.2) is 34.8 Å². The maximum absolute atomic E-state index is 13.1. The molecule has 0 bridgehead atoms. The molecule has 1 aromatic heterocycles. The van der Waals surface area contributed by atoms with Crippen LogP contribution in [0, 0.1) is 5.82 Å². The Labute approximate surface area is 122 Å². The minimum atomic E-state index is -0.288. The highest BCUT2D eigenvalue weighted by Gasteiger charge is 2.12. The molecule has 96 valence electrons. The summed E-state index contributed by atoms with van der Waals surface area (Å²) in [6.45, 7) is 0.436. The molecular formula is C12H11BrClFN2S. The van der Waals surface area contributed by atoms with Crippen molar-refractivity contribution in [2.24, 2.45) is 5.73 Å². The molecule has 0 spiro atoms. The molecule has 1 unspecified atom stereocenters. The summed E-state index contributed by atoms with van der Waals surface area (Å²) in [5.41, 5.74) is 6.55. The first-order valence-corrected chi connectivity index (χ1v) is 7.26. The van der Waals surface area contributed by atoms with Crippen LogP contribution in [0.1, 0.15) is 10.9 Å². The van der Waals surface area contributed by atoms with Crippen molar-refractivity contribution in [1.29, 1.82) is 0 Å². The van der Waals surface area contributed by atoms with Crippen molar-refractivity contribution in [1.82, 2.24) is 0 Å². The van der Waals surface area contributed by atoms with Crippen LogP contribution in [-0.2, 0) is 0 Å². The third-order valence-corrected chi connectivity index (χ3v) is 4.39. The Morgan fingerprint density at radius 1 is 1.39 bits per heavy atom. The fourth-order valence-corrected chi connectivity index (χ4v) is 3.05. The Kier molecular flexibility index (Phi) is 4.61. The van der Waals surface area contributed by atoms with Crippen LogP contribution in [0.5, 0.6) is 0 Å². The van der Waals surface area contributed by atoms with E-state index in [9.17, 15) is 4.39 Å².